The SMILES string of the molecule is CCSC1C=C(C=Nc2ccc(C)cc2)CCC1. The van der Waals surface area contributed by atoms with Gasteiger partial charge in [0.05, 0.1) is 5.69 Å². The maximum atomic E-state index is 4.56. The second-order valence-electron chi connectivity index (χ2n) is 4.72. The minimum atomic E-state index is 0.697. The number of allylic oxidation sites excluding steroid dienone is 1. The Labute approximate surface area is 114 Å². The van der Waals surface area contributed by atoms with E-state index in [2.05, 4.69) is 49.2 Å². The zero-order valence-electron chi connectivity index (χ0n) is 11.2. The van der Waals surface area contributed by atoms with Crippen molar-refractivity contribution < 1.29 is 0 Å². The first-order valence-corrected chi connectivity index (χ1v) is 7.76. The molecule has 1 atom stereocenters. The van der Waals surface area contributed by atoms with Crippen molar-refractivity contribution in [2.75, 3.05) is 5.75 Å². The van der Waals surface area contributed by atoms with Gasteiger partial charge in [0, 0.05) is 11.5 Å². The third kappa shape index (κ3) is 4.02. The van der Waals surface area contributed by atoms with Crippen LogP contribution in [0.3, 0.4) is 0 Å². The summed E-state index contributed by atoms with van der Waals surface area (Å²) in [5, 5.41) is 0.697. The Bertz CT molecular complexity index is 431. The van der Waals surface area contributed by atoms with Crippen LogP contribution in [0.25, 0.3) is 0 Å². The van der Waals surface area contributed by atoms with Gasteiger partial charge in [-0.05, 0) is 49.6 Å². The third-order valence-electron chi connectivity index (χ3n) is 3.15. The van der Waals surface area contributed by atoms with E-state index in [4.69, 9.17) is 0 Å². The fourth-order valence-corrected chi connectivity index (χ4v) is 3.19. The van der Waals surface area contributed by atoms with Crippen LogP contribution in [0.2, 0.25) is 0 Å². The molecule has 0 amide bonds. The summed E-state index contributed by atoms with van der Waals surface area (Å²) in [7, 11) is 0. The zero-order valence-corrected chi connectivity index (χ0v) is 12.0. The Morgan fingerprint density at radius 2 is 2.11 bits per heavy atom. The number of hydrogen-bond donors (Lipinski definition) is 0. The molecule has 0 aliphatic heterocycles. The molecule has 2 heteroatoms. The van der Waals surface area contributed by atoms with E-state index in [1.807, 2.05) is 18.0 Å². The average Bonchev–Trinajstić information content (AvgIpc) is 2.39. The van der Waals surface area contributed by atoms with Crippen molar-refractivity contribution in [2.24, 2.45) is 4.99 Å². The van der Waals surface area contributed by atoms with Gasteiger partial charge in [0.1, 0.15) is 0 Å². The summed E-state index contributed by atoms with van der Waals surface area (Å²) in [4.78, 5) is 4.56. The van der Waals surface area contributed by atoms with Crippen LogP contribution in [-0.2, 0) is 0 Å². The predicted molar refractivity (Wildman–Crippen MR) is 83.2 cm³/mol. The molecule has 2 rings (SSSR count). The van der Waals surface area contributed by atoms with E-state index >= 15 is 0 Å². The van der Waals surface area contributed by atoms with Gasteiger partial charge in [-0.1, -0.05) is 30.7 Å². The Hall–Kier alpha value is -1.02. The van der Waals surface area contributed by atoms with Crippen LogP contribution < -0.4 is 0 Å². The molecule has 1 aliphatic rings. The molecule has 0 saturated heterocycles. The van der Waals surface area contributed by atoms with Crippen LogP contribution in [-0.4, -0.2) is 17.2 Å². The van der Waals surface area contributed by atoms with Crippen molar-refractivity contribution in [3.8, 4) is 0 Å². The monoisotopic (exact) mass is 259 g/mol. The first-order chi connectivity index (χ1) is 8.78. The summed E-state index contributed by atoms with van der Waals surface area (Å²) in [5.41, 5.74) is 3.73. The summed E-state index contributed by atoms with van der Waals surface area (Å²) >= 11 is 2.04. The molecular formula is C16H21NS. The standard InChI is InChI=1S/C16H21NS/c1-3-18-16-6-4-5-14(11-16)12-17-15-9-7-13(2)8-10-15/h7-12,16H,3-6H2,1-2H3. The predicted octanol–water partition coefficient (Wildman–Crippen LogP) is 4.93. The van der Waals surface area contributed by atoms with E-state index in [1.54, 1.807) is 0 Å². The number of rotatable bonds is 4. The Morgan fingerprint density at radius 1 is 1.33 bits per heavy atom. The molecule has 0 spiro atoms. The third-order valence-corrected chi connectivity index (χ3v) is 4.28. The van der Waals surface area contributed by atoms with Crippen LogP contribution in [0, 0.1) is 6.92 Å². The molecule has 0 radical (unpaired) electrons. The van der Waals surface area contributed by atoms with E-state index in [0.717, 1.165) is 5.69 Å². The lowest BCUT2D eigenvalue weighted by molar-refractivity contribution is 0.729. The van der Waals surface area contributed by atoms with Crippen LogP contribution in [0.5, 0.6) is 0 Å². The van der Waals surface area contributed by atoms with Gasteiger partial charge < -0.3 is 0 Å². The fourth-order valence-electron chi connectivity index (χ4n) is 2.15. The molecule has 0 bridgehead atoms. The second kappa shape index (κ2) is 6.79. The molecular weight excluding hydrogens is 238 g/mol. The van der Waals surface area contributed by atoms with Gasteiger partial charge in [0.15, 0.2) is 0 Å². The van der Waals surface area contributed by atoms with Gasteiger partial charge in [-0.3, -0.25) is 4.99 Å². The number of aliphatic imine (C=N–C) groups is 1. The molecule has 0 saturated carbocycles. The highest BCUT2D eigenvalue weighted by Gasteiger charge is 2.11. The number of thioether (sulfide) groups is 1. The van der Waals surface area contributed by atoms with Crippen molar-refractivity contribution in [2.45, 2.75) is 38.4 Å². The smallest absolute Gasteiger partial charge is 0.0629 e. The first kappa shape index (κ1) is 13.4. The molecule has 1 aliphatic carbocycles. The van der Waals surface area contributed by atoms with E-state index in [-0.39, 0.29) is 0 Å². The van der Waals surface area contributed by atoms with Crippen molar-refractivity contribution in [3.05, 3.63) is 41.5 Å². The normalized spacial score (nSPS) is 20.1. The fraction of sp³-hybridized carbons (Fsp3) is 0.438. The first-order valence-electron chi connectivity index (χ1n) is 6.71. The molecule has 1 nitrogen and oxygen atoms in total. The molecule has 1 aromatic rings. The van der Waals surface area contributed by atoms with Crippen molar-refractivity contribution in [3.63, 3.8) is 0 Å². The molecule has 18 heavy (non-hydrogen) atoms. The van der Waals surface area contributed by atoms with Crippen LogP contribution in [0.15, 0.2) is 40.9 Å². The van der Waals surface area contributed by atoms with Gasteiger partial charge in [0.25, 0.3) is 0 Å². The lowest BCUT2D eigenvalue weighted by atomic mass is 10.00. The lowest BCUT2D eigenvalue weighted by Crippen LogP contribution is -2.07. The van der Waals surface area contributed by atoms with Crippen molar-refractivity contribution in [1.82, 2.24) is 0 Å². The summed E-state index contributed by atoms with van der Waals surface area (Å²) in [6.45, 7) is 4.33. The number of aryl methyl sites for hydroxylation is 1. The summed E-state index contributed by atoms with van der Waals surface area (Å²) in [6, 6.07) is 8.37. The molecule has 96 valence electrons. The number of hydrogen-bond acceptors (Lipinski definition) is 2. The lowest BCUT2D eigenvalue weighted by Gasteiger charge is -2.18. The molecule has 0 aromatic heterocycles. The van der Waals surface area contributed by atoms with Gasteiger partial charge in [0.2, 0.25) is 0 Å². The quantitative estimate of drug-likeness (QED) is 0.698. The Morgan fingerprint density at radius 3 is 2.83 bits per heavy atom. The van der Waals surface area contributed by atoms with E-state index in [9.17, 15) is 0 Å². The van der Waals surface area contributed by atoms with E-state index in [1.165, 1.54) is 36.2 Å². The summed E-state index contributed by atoms with van der Waals surface area (Å²) in [5.74, 6) is 1.20. The van der Waals surface area contributed by atoms with E-state index < -0.39 is 0 Å². The maximum Gasteiger partial charge on any atom is 0.0629 e. The highest BCUT2D eigenvalue weighted by molar-refractivity contribution is 8.00. The van der Waals surface area contributed by atoms with Gasteiger partial charge in [-0.15, -0.1) is 0 Å². The minimum absolute atomic E-state index is 0.697. The van der Waals surface area contributed by atoms with Gasteiger partial charge in [-0.2, -0.15) is 11.8 Å². The second-order valence-corrected chi connectivity index (χ2v) is 6.24. The van der Waals surface area contributed by atoms with Crippen molar-refractivity contribution >= 4 is 23.7 Å². The van der Waals surface area contributed by atoms with Crippen LogP contribution in [0.1, 0.15) is 31.7 Å². The van der Waals surface area contributed by atoms with Gasteiger partial charge >= 0.3 is 0 Å². The average molecular weight is 259 g/mol. The highest BCUT2D eigenvalue weighted by atomic mass is 32.2. The van der Waals surface area contributed by atoms with Crippen LogP contribution >= 0.6 is 11.8 Å². The van der Waals surface area contributed by atoms with Gasteiger partial charge in [-0.25, -0.2) is 0 Å². The maximum absolute atomic E-state index is 4.56. The minimum Gasteiger partial charge on any atom is -0.257 e. The molecule has 0 N–H and O–H groups in total. The van der Waals surface area contributed by atoms with Crippen LogP contribution in [0.4, 0.5) is 5.69 Å². The topological polar surface area (TPSA) is 12.4 Å². The zero-order chi connectivity index (χ0) is 12.8. The Kier molecular flexibility index (Phi) is 5.06. The van der Waals surface area contributed by atoms with Crippen molar-refractivity contribution in [1.29, 1.82) is 0 Å². The number of nitrogens with zero attached hydrogens (tertiary/aromatic N) is 1. The molecule has 1 aromatic carbocycles. The highest BCUT2D eigenvalue weighted by Crippen LogP contribution is 2.26. The Balaban J connectivity index is 2.01. The van der Waals surface area contributed by atoms with E-state index in [0.29, 0.717) is 5.25 Å². The summed E-state index contributed by atoms with van der Waals surface area (Å²) < 4.78 is 0. The summed E-state index contributed by atoms with van der Waals surface area (Å²) in [6.07, 6.45) is 8.24. The molecule has 0 heterocycles. The number of benzene rings is 1. The molecule has 1 unspecified atom stereocenters. The molecule has 0 fully saturated rings. The largest absolute Gasteiger partial charge is 0.257 e.